The largest absolute Gasteiger partial charge is 0.491 e. The van der Waals surface area contributed by atoms with Crippen molar-refractivity contribution in [1.82, 2.24) is 5.32 Å². The van der Waals surface area contributed by atoms with Crippen LogP contribution in [0.2, 0.25) is 0 Å². The van der Waals surface area contributed by atoms with E-state index in [-0.39, 0.29) is 12.1 Å². The number of benzene rings is 1. The Morgan fingerprint density at radius 1 is 1.40 bits per heavy atom. The molecule has 2 N–H and O–H groups in total. The minimum Gasteiger partial charge on any atom is -0.491 e. The van der Waals surface area contributed by atoms with E-state index in [0.717, 1.165) is 37.6 Å². The van der Waals surface area contributed by atoms with Gasteiger partial charge in [-0.25, -0.2) is 0 Å². The first-order valence-electron chi connectivity index (χ1n) is 7.55. The van der Waals surface area contributed by atoms with Gasteiger partial charge in [0, 0.05) is 13.1 Å². The molecule has 4 heteroatoms. The number of aliphatic hydroxyl groups is 1. The number of aliphatic hydroxyl groups excluding tert-OH is 1. The van der Waals surface area contributed by atoms with Gasteiger partial charge in [0.2, 0.25) is 0 Å². The third-order valence-corrected chi connectivity index (χ3v) is 4.65. The van der Waals surface area contributed by atoms with Crippen LogP contribution in [0.15, 0.2) is 24.3 Å². The summed E-state index contributed by atoms with van der Waals surface area (Å²) in [5.41, 5.74) is 0.969. The lowest BCUT2D eigenvalue weighted by Gasteiger charge is -2.38. The number of likely N-dealkylation sites (N-methyl/N-ethyl adjacent to an activating group) is 1. The van der Waals surface area contributed by atoms with Crippen molar-refractivity contribution in [1.29, 1.82) is 0 Å². The van der Waals surface area contributed by atoms with Gasteiger partial charge < -0.3 is 20.1 Å². The fourth-order valence-electron chi connectivity index (χ4n) is 3.21. The van der Waals surface area contributed by atoms with Crippen molar-refractivity contribution in [2.24, 2.45) is 5.92 Å². The van der Waals surface area contributed by atoms with Crippen LogP contribution >= 0.6 is 0 Å². The molecule has 20 heavy (non-hydrogen) atoms. The first kappa shape index (κ1) is 13.7. The van der Waals surface area contributed by atoms with Gasteiger partial charge in [-0.05, 0) is 44.4 Å². The number of ether oxygens (including phenoxy) is 1. The van der Waals surface area contributed by atoms with Crippen molar-refractivity contribution in [3.05, 3.63) is 24.3 Å². The molecule has 1 aromatic carbocycles. The first-order valence-corrected chi connectivity index (χ1v) is 7.55. The number of nitrogens with zero attached hydrogens (tertiary/aromatic N) is 1. The smallest absolute Gasteiger partial charge is 0.142 e. The molecule has 1 saturated carbocycles. The number of para-hydroxylation sites is 2. The second-order valence-electron chi connectivity index (χ2n) is 5.93. The number of hydrogen-bond acceptors (Lipinski definition) is 4. The minimum absolute atomic E-state index is 0.183. The Hall–Kier alpha value is -1.26. The Kier molecular flexibility index (Phi) is 3.85. The van der Waals surface area contributed by atoms with Crippen molar-refractivity contribution in [3.63, 3.8) is 0 Å². The molecule has 0 bridgehead atoms. The van der Waals surface area contributed by atoms with Crippen LogP contribution in [0.25, 0.3) is 0 Å². The maximum absolute atomic E-state index is 9.92. The van der Waals surface area contributed by atoms with E-state index in [2.05, 4.69) is 22.3 Å². The lowest BCUT2D eigenvalue weighted by atomic mass is 9.93. The normalized spacial score (nSPS) is 21.6. The van der Waals surface area contributed by atoms with E-state index in [1.165, 1.54) is 12.8 Å². The van der Waals surface area contributed by atoms with Crippen LogP contribution in [0.4, 0.5) is 5.69 Å². The summed E-state index contributed by atoms with van der Waals surface area (Å²) in [6.45, 7) is 2.77. The van der Waals surface area contributed by atoms with Crippen molar-refractivity contribution < 1.29 is 9.84 Å². The molecule has 0 aromatic heterocycles. The molecule has 110 valence electrons. The summed E-state index contributed by atoms with van der Waals surface area (Å²) < 4.78 is 5.81. The topological polar surface area (TPSA) is 44.7 Å². The van der Waals surface area contributed by atoms with E-state index >= 15 is 0 Å². The van der Waals surface area contributed by atoms with Crippen LogP contribution in [-0.4, -0.2) is 44.0 Å². The van der Waals surface area contributed by atoms with Gasteiger partial charge in [-0.1, -0.05) is 12.1 Å². The van der Waals surface area contributed by atoms with Crippen molar-refractivity contribution in [2.45, 2.75) is 24.8 Å². The van der Waals surface area contributed by atoms with Gasteiger partial charge >= 0.3 is 0 Å². The summed E-state index contributed by atoms with van der Waals surface area (Å²) in [4.78, 5) is 2.37. The third-order valence-electron chi connectivity index (χ3n) is 4.65. The average molecular weight is 276 g/mol. The molecule has 1 heterocycles. The number of hydrogen-bond donors (Lipinski definition) is 2. The summed E-state index contributed by atoms with van der Waals surface area (Å²) in [6.07, 6.45) is 3.45. The fourth-order valence-corrected chi connectivity index (χ4v) is 3.21. The summed E-state index contributed by atoms with van der Waals surface area (Å²) in [5, 5.41) is 13.3. The highest BCUT2D eigenvalue weighted by Gasteiger charge is 2.45. The molecule has 1 atom stereocenters. The molecule has 1 aliphatic heterocycles. The summed E-state index contributed by atoms with van der Waals surface area (Å²) >= 11 is 0. The lowest BCUT2D eigenvalue weighted by molar-refractivity contribution is 0.151. The zero-order valence-electron chi connectivity index (χ0n) is 12.1. The highest BCUT2D eigenvalue weighted by atomic mass is 16.5. The molecule has 0 saturated heterocycles. The average Bonchev–Trinajstić information content (AvgIpc) is 3.33. The van der Waals surface area contributed by atoms with Crippen LogP contribution in [0.5, 0.6) is 5.75 Å². The fraction of sp³-hybridized carbons (Fsp3) is 0.625. The number of rotatable bonds is 5. The predicted molar refractivity (Wildman–Crippen MR) is 80.4 cm³/mol. The second kappa shape index (κ2) is 5.62. The number of fused-ring (bicyclic) bond motifs is 1. The predicted octanol–water partition coefficient (Wildman–Crippen LogP) is 1.64. The van der Waals surface area contributed by atoms with E-state index in [1.807, 2.05) is 19.2 Å². The second-order valence-corrected chi connectivity index (χ2v) is 5.93. The Labute approximate surface area is 120 Å². The number of anilines is 1. The molecule has 1 aliphatic carbocycles. The maximum atomic E-state index is 9.92. The lowest BCUT2D eigenvalue weighted by Crippen LogP contribution is -2.57. The van der Waals surface area contributed by atoms with Gasteiger partial charge in [-0.2, -0.15) is 0 Å². The van der Waals surface area contributed by atoms with Crippen LogP contribution in [0.3, 0.4) is 0 Å². The third kappa shape index (κ3) is 2.50. The van der Waals surface area contributed by atoms with Gasteiger partial charge in [0.15, 0.2) is 0 Å². The molecule has 3 rings (SSSR count). The van der Waals surface area contributed by atoms with E-state index in [0.29, 0.717) is 5.92 Å². The molecule has 0 amide bonds. The summed E-state index contributed by atoms with van der Waals surface area (Å²) in [6, 6.07) is 8.22. The highest BCUT2D eigenvalue weighted by Crippen LogP contribution is 2.41. The SMILES string of the molecule is CNC(CO)(CN1CCCOc2ccccc21)C1CC1. The summed E-state index contributed by atoms with van der Waals surface area (Å²) in [7, 11) is 1.97. The zero-order chi connectivity index (χ0) is 14.0. The van der Waals surface area contributed by atoms with Gasteiger partial charge in [-0.15, -0.1) is 0 Å². The van der Waals surface area contributed by atoms with Crippen LogP contribution in [0, 0.1) is 5.92 Å². The quantitative estimate of drug-likeness (QED) is 0.858. The number of nitrogens with one attached hydrogen (secondary N) is 1. The van der Waals surface area contributed by atoms with Crippen LogP contribution in [-0.2, 0) is 0 Å². The molecule has 0 spiro atoms. The molecule has 1 fully saturated rings. The Morgan fingerprint density at radius 2 is 2.20 bits per heavy atom. The van der Waals surface area contributed by atoms with Gasteiger partial charge in [0.05, 0.1) is 24.4 Å². The molecular formula is C16H24N2O2. The molecule has 1 aromatic rings. The van der Waals surface area contributed by atoms with E-state index < -0.39 is 0 Å². The molecule has 2 aliphatic rings. The monoisotopic (exact) mass is 276 g/mol. The van der Waals surface area contributed by atoms with E-state index in [4.69, 9.17) is 4.74 Å². The first-order chi connectivity index (χ1) is 9.79. The Balaban J connectivity index is 1.85. The Morgan fingerprint density at radius 3 is 2.90 bits per heavy atom. The molecule has 4 nitrogen and oxygen atoms in total. The highest BCUT2D eigenvalue weighted by molar-refractivity contribution is 5.59. The van der Waals surface area contributed by atoms with Crippen LogP contribution in [0.1, 0.15) is 19.3 Å². The van der Waals surface area contributed by atoms with E-state index in [9.17, 15) is 5.11 Å². The van der Waals surface area contributed by atoms with Crippen LogP contribution < -0.4 is 15.0 Å². The van der Waals surface area contributed by atoms with Crippen molar-refractivity contribution in [3.8, 4) is 5.75 Å². The van der Waals surface area contributed by atoms with Gasteiger partial charge in [-0.3, -0.25) is 0 Å². The summed E-state index contributed by atoms with van der Waals surface area (Å²) in [5.74, 6) is 1.55. The van der Waals surface area contributed by atoms with Crippen molar-refractivity contribution >= 4 is 5.69 Å². The zero-order valence-corrected chi connectivity index (χ0v) is 12.1. The Bertz CT molecular complexity index is 456. The maximum Gasteiger partial charge on any atom is 0.142 e. The van der Waals surface area contributed by atoms with Crippen molar-refractivity contribution in [2.75, 3.05) is 38.3 Å². The molecular weight excluding hydrogens is 252 g/mol. The molecule has 1 unspecified atom stereocenters. The van der Waals surface area contributed by atoms with Gasteiger partial charge in [0.1, 0.15) is 5.75 Å². The minimum atomic E-state index is -0.183. The standard InChI is InChI=1S/C16H24N2O2/c1-17-16(12-19,13-7-8-13)11-18-9-4-10-20-15-6-3-2-5-14(15)18/h2-3,5-6,13,17,19H,4,7-12H2,1H3. The van der Waals surface area contributed by atoms with Gasteiger partial charge in [0.25, 0.3) is 0 Å². The van der Waals surface area contributed by atoms with E-state index in [1.54, 1.807) is 0 Å². The molecule has 0 radical (unpaired) electrons.